The van der Waals surface area contributed by atoms with E-state index >= 15 is 0 Å². The SMILES string of the molecule is COC1C(SC2COCC(n3cc(-c4ccccc4)nn3)C2O)OC(CO)C(O)C1n1cc(-c2cncnc2)nn1. The van der Waals surface area contributed by atoms with Crippen molar-refractivity contribution in [3.63, 3.8) is 0 Å². The van der Waals surface area contributed by atoms with Crippen molar-refractivity contribution in [3.8, 4) is 22.5 Å². The molecule has 2 aliphatic heterocycles. The van der Waals surface area contributed by atoms with E-state index in [9.17, 15) is 15.3 Å². The van der Waals surface area contributed by atoms with Crippen LogP contribution in [0, 0.1) is 0 Å². The van der Waals surface area contributed by atoms with E-state index in [0.29, 0.717) is 17.0 Å². The molecule has 3 aromatic heterocycles. The molecular formula is C26H30N8O6S. The normalized spacial score (nSPS) is 30.3. The van der Waals surface area contributed by atoms with Crippen LogP contribution in [0.1, 0.15) is 12.1 Å². The third-order valence-corrected chi connectivity index (χ3v) is 8.76. The van der Waals surface area contributed by atoms with Crippen LogP contribution in [0.5, 0.6) is 0 Å². The number of rotatable bonds is 8. The van der Waals surface area contributed by atoms with Gasteiger partial charge in [-0.25, -0.2) is 19.3 Å². The van der Waals surface area contributed by atoms with Crippen molar-refractivity contribution in [3.05, 3.63) is 61.4 Å². The lowest BCUT2D eigenvalue weighted by molar-refractivity contribution is -0.186. The Morgan fingerprint density at radius 1 is 0.951 bits per heavy atom. The fourth-order valence-corrected chi connectivity index (χ4v) is 6.66. The minimum Gasteiger partial charge on any atom is -0.394 e. The maximum absolute atomic E-state index is 11.4. The Bertz CT molecular complexity index is 1410. The summed E-state index contributed by atoms with van der Waals surface area (Å²) in [6.45, 7) is 0.102. The highest BCUT2D eigenvalue weighted by Crippen LogP contribution is 2.41. The molecule has 3 N–H and O–H groups in total. The molecule has 0 radical (unpaired) electrons. The standard InChI is InChI=1S/C26H30N8O6S/c1-38-25-22(34-10-18(30-32-34)16-7-27-14-28-8-16)24(37)20(11-35)40-26(25)41-21-13-39-12-19(23(21)36)33-9-17(29-31-33)15-5-3-2-4-6-15/h2-10,14,19-26,35-37H,11-13H2,1H3. The van der Waals surface area contributed by atoms with Crippen molar-refractivity contribution in [1.82, 2.24) is 40.0 Å². The molecule has 2 saturated heterocycles. The molecule has 14 nitrogen and oxygen atoms in total. The lowest BCUT2D eigenvalue weighted by Crippen LogP contribution is -2.56. The number of aliphatic hydroxyl groups is 3. The zero-order valence-corrected chi connectivity index (χ0v) is 22.9. The van der Waals surface area contributed by atoms with Gasteiger partial charge in [0.15, 0.2) is 0 Å². The number of methoxy groups -OCH3 is 1. The number of nitrogens with zero attached hydrogens (tertiary/aromatic N) is 8. The van der Waals surface area contributed by atoms with Crippen molar-refractivity contribution in [2.75, 3.05) is 26.9 Å². The topological polar surface area (TPSA) is 176 Å². The maximum Gasteiger partial charge on any atom is 0.132 e. The number of aromatic nitrogens is 8. The van der Waals surface area contributed by atoms with Crippen LogP contribution in [0.4, 0.5) is 0 Å². The molecule has 4 aromatic rings. The van der Waals surface area contributed by atoms with E-state index in [0.717, 1.165) is 5.56 Å². The number of aliphatic hydroxyl groups excluding tert-OH is 3. The molecule has 2 aliphatic rings. The molecule has 216 valence electrons. The molecule has 8 unspecified atom stereocenters. The third-order valence-electron chi connectivity index (χ3n) is 7.34. The Morgan fingerprint density at radius 3 is 2.39 bits per heavy atom. The Labute approximate surface area is 239 Å². The van der Waals surface area contributed by atoms with Crippen LogP contribution < -0.4 is 0 Å². The second-order valence-electron chi connectivity index (χ2n) is 9.84. The van der Waals surface area contributed by atoms with Gasteiger partial charge in [-0.05, 0) is 0 Å². The molecule has 0 aliphatic carbocycles. The molecule has 5 heterocycles. The second kappa shape index (κ2) is 12.3. The van der Waals surface area contributed by atoms with Crippen molar-refractivity contribution in [2.24, 2.45) is 0 Å². The van der Waals surface area contributed by atoms with E-state index in [-0.39, 0.29) is 13.2 Å². The molecule has 2 fully saturated rings. The summed E-state index contributed by atoms with van der Waals surface area (Å²) in [6.07, 6.45) is 4.49. The summed E-state index contributed by atoms with van der Waals surface area (Å²) in [5, 5.41) is 49.2. The largest absolute Gasteiger partial charge is 0.394 e. The molecule has 0 amide bonds. The fraction of sp³-hybridized carbons (Fsp3) is 0.462. The molecule has 0 spiro atoms. The Morgan fingerprint density at radius 2 is 1.66 bits per heavy atom. The molecule has 41 heavy (non-hydrogen) atoms. The zero-order chi connectivity index (χ0) is 28.3. The summed E-state index contributed by atoms with van der Waals surface area (Å²) in [7, 11) is 1.51. The van der Waals surface area contributed by atoms with Gasteiger partial charge in [0.2, 0.25) is 0 Å². The summed E-state index contributed by atoms with van der Waals surface area (Å²) in [5.74, 6) is 0. The lowest BCUT2D eigenvalue weighted by Gasteiger charge is -2.45. The van der Waals surface area contributed by atoms with Crippen LogP contribution in [-0.4, -0.2) is 117 Å². The van der Waals surface area contributed by atoms with Crippen molar-refractivity contribution in [1.29, 1.82) is 0 Å². The molecule has 15 heteroatoms. The first-order chi connectivity index (χ1) is 20.1. The highest BCUT2D eigenvalue weighted by atomic mass is 32.2. The van der Waals surface area contributed by atoms with Gasteiger partial charge in [-0.2, -0.15) is 0 Å². The van der Waals surface area contributed by atoms with Crippen molar-refractivity contribution < 1.29 is 29.5 Å². The van der Waals surface area contributed by atoms with Crippen LogP contribution in [0.15, 0.2) is 61.4 Å². The van der Waals surface area contributed by atoms with E-state index in [2.05, 4.69) is 30.6 Å². The van der Waals surface area contributed by atoms with Crippen LogP contribution >= 0.6 is 11.8 Å². The van der Waals surface area contributed by atoms with Crippen LogP contribution in [0.3, 0.4) is 0 Å². The van der Waals surface area contributed by atoms with E-state index in [1.165, 1.54) is 29.9 Å². The van der Waals surface area contributed by atoms with Crippen molar-refractivity contribution >= 4 is 11.8 Å². The summed E-state index contributed by atoms with van der Waals surface area (Å²) < 4.78 is 21.0. The van der Waals surface area contributed by atoms with Gasteiger partial charge in [-0.1, -0.05) is 40.8 Å². The molecule has 8 atom stereocenters. The first kappa shape index (κ1) is 27.8. The van der Waals surface area contributed by atoms with Gasteiger partial charge in [0.1, 0.15) is 53.5 Å². The minimum atomic E-state index is -1.14. The van der Waals surface area contributed by atoms with Gasteiger partial charge in [0.05, 0.1) is 43.6 Å². The predicted octanol–water partition coefficient (Wildman–Crippen LogP) is 0.362. The van der Waals surface area contributed by atoms with E-state index in [1.54, 1.807) is 29.5 Å². The summed E-state index contributed by atoms with van der Waals surface area (Å²) >= 11 is 1.32. The fourth-order valence-electron chi connectivity index (χ4n) is 5.16. The van der Waals surface area contributed by atoms with Gasteiger partial charge in [-0.15, -0.1) is 22.0 Å². The summed E-state index contributed by atoms with van der Waals surface area (Å²) in [6, 6.07) is 8.46. The van der Waals surface area contributed by atoms with E-state index < -0.39 is 53.8 Å². The number of thioether (sulfide) groups is 1. The molecule has 0 saturated carbocycles. The number of hydrogen-bond acceptors (Lipinski definition) is 13. The zero-order valence-electron chi connectivity index (χ0n) is 22.1. The van der Waals surface area contributed by atoms with Gasteiger partial charge < -0.3 is 29.5 Å². The highest BCUT2D eigenvalue weighted by Gasteiger charge is 2.49. The van der Waals surface area contributed by atoms with Gasteiger partial charge in [-0.3, -0.25) is 0 Å². The van der Waals surface area contributed by atoms with Gasteiger partial charge in [0, 0.05) is 30.6 Å². The van der Waals surface area contributed by atoms with Crippen molar-refractivity contribution in [2.45, 2.75) is 47.2 Å². The summed E-state index contributed by atoms with van der Waals surface area (Å²) in [4.78, 5) is 8.04. The smallest absolute Gasteiger partial charge is 0.132 e. The average molecular weight is 583 g/mol. The Balaban J connectivity index is 1.22. The van der Waals surface area contributed by atoms with Gasteiger partial charge in [0.25, 0.3) is 0 Å². The first-order valence-electron chi connectivity index (χ1n) is 13.1. The Kier molecular flexibility index (Phi) is 8.34. The van der Waals surface area contributed by atoms with Gasteiger partial charge >= 0.3 is 0 Å². The molecule has 6 rings (SSSR count). The quantitative estimate of drug-likeness (QED) is 0.260. The number of hydrogen-bond donors (Lipinski definition) is 3. The van der Waals surface area contributed by atoms with Crippen LogP contribution in [-0.2, 0) is 14.2 Å². The Hall–Kier alpha value is -3.31. The molecular weight excluding hydrogens is 552 g/mol. The molecule has 1 aromatic carbocycles. The average Bonchev–Trinajstić information content (AvgIpc) is 3.70. The summed E-state index contributed by atoms with van der Waals surface area (Å²) in [5.41, 5.74) is 2.11. The number of ether oxygens (including phenoxy) is 3. The minimum absolute atomic E-state index is 0.261. The first-order valence-corrected chi connectivity index (χ1v) is 14.0. The molecule has 0 bridgehead atoms. The van der Waals surface area contributed by atoms with Crippen LogP contribution in [0.25, 0.3) is 22.5 Å². The lowest BCUT2D eigenvalue weighted by atomic mass is 9.97. The highest BCUT2D eigenvalue weighted by molar-refractivity contribution is 8.00. The maximum atomic E-state index is 11.4. The van der Waals surface area contributed by atoms with E-state index in [1.807, 2.05) is 30.3 Å². The third kappa shape index (κ3) is 5.61. The number of benzene rings is 1. The monoisotopic (exact) mass is 582 g/mol. The van der Waals surface area contributed by atoms with E-state index in [4.69, 9.17) is 14.2 Å². The van der Waals surface area contributed by atoms with Crippen LogP contribution in [0.2, 0.25) is 0 Å². The predicted molar refractivity (Wildman–Crippen MR) is 145 cm³/mol. The second-order valence-corrected chi connectivity index (χ2v) is 11.2.